The molecule has 0 fully saturated rings. The van der Waals surface area contributed by atoms with Crippen molar-refractivity contribution in [1.82, 2.24) is 4.31 Å². The van der Waals surface area contributed by atoms with E-state index in [1.165, 1.54) is 42.3 Å². The maximum Gasteiger partial charge on any atom is 0.242 e. The summed E-state index contributed by atoms with van der Waals surface area (Å²) >= 11 is 1.36. The Kier molecular flexibility index (Phi) is 5.88. The maximum absolute atomic E-state index is 13.0. The third-order valence-corrected chi connectivity index (χ3v) is 7.23. The summed E-state index contributed by atoms with van der Waals surface area (Å²) in [4.78, 5) is 15.5. The molecule has 0 aromatic heterocycles. The Morgan fingerprint density at radius 2 is 1.89 bits per heavy atom. The van der Waals surface area contributed by atoms with Gasteiger partial charge in [-0.05, 0) is 60.9 Å². The number of fused-ring (bicyclic) bond motifs is 1. The van der Waals surface area contributed by atoms with Gasteiger partial charge in [0.05, 0.1) is 10.6 Å². The van der Waals surface area contributed by atoms with Crippen molar-refractivity contribution in [3.05, 3.63) is 53.8 Å². The molecule has 0 spiro atoms. The van der Waals surface area contributed by atoms with E-state index < -0.39 is 10.0 Å². The van der Waals surface area contributed by atoms with Crippen molar-refractivity contribution >= 4 is 33.4 Å². The number of rotatable bonds is 5. The number of carbonyl (C=O) groups is 1. The molecule has 0 unspecified atom stereocenters. The lowest BCUT2D eigenvalue weighted by Gasteiger charge is -2.30. The zero-order chi connectivity index (χ0) is 19.6. The molecule has 0 saturated carbocycles. The monoisotopic (exact) mass is 408 g/mol. The summed E-state index contributed by atoms with van der Waals surface area (Å²) in [6, 6.07) is 11.0. The summed E-state index contributed by atoms with van der Waals surface area (Å²) in [6.45, 7) is 0.607. The summed E-state index contributed by atoms with van der Waals surface area (Å²) < 4.78 is 38.8. The standard InChI is InChI=1S/C19H21FN2O3S2/c1-21(2)27(24,25)17-9-10-18-14(12-17)4-3-11-22(18)19(23)13-26-16-7-5-15(20)6-8-16/h5-10,12H,3-4,11,13H2,1-2H3. The molecular formula is C19H21FN2O3S2. The average Bonchev–Trinajstić information content (AvgIpc) is 2.66. The van der Waals surface area contributed by atoms with Gasteiger partial charge in [-0.25, -0.2) is 17.1 Å². The number of thioether (sulfide) groups is 1. The van der Waals surface area contributed by atoms with Crippen LogP contribution in [0.3, 0.4) is 0 Å². The van der Waals surface area contributed by atoms with Crippen LogP contribution >= 0.6 is 11.8 Å². The highest BCUT2D eigenvalue weighted by Gasteiger charge is 2.25. The highest BCUT2D eigenvalue weighted by Crippen LogP contribution is 2.31. The molecule has 144 valence electrons. The second-order valence-corrected chi connectivity index (χ2v) is 9.67. The Balaban J connectivity index is 1.77. The van der Waals surface area contributed by atoms with Gasteiger partial charge in [-0.15, -0.1) is 11.8 Å². The highest BCUT2D eigenvalue weighted by atomic mass is 32.2. The number of sulfonamides is 1. The van der Waals surface area contributed by atoms with Gasteiger partial charge in [0, 0.05) is 31.2 Å². The molecule has 1 heterocycles. The van der Waals surface area contributed by atoms with Crippen molar-refractivity contribution in [2.45, 2.75) is 22.6 Å². The van der Waals surface area contributed by atoms with E-state index in [9.17, 15) is 17.6 Å². The van der Waals surface area contributed by atoms with Gasteiger partial charge in [0.1, 0.15) is 5.82 Å². The minimum atomic E-state index is -3.50. The molecule has 0 aliphatic carbocycles. The molecule has 1 aliphatic heterocycles. The number of aryl methyl sites for hydroxylation is 1. The Morgan fingerprint density at radius 3 is 2.56 bits per heavy atom. The first kappa shape index (κ1) is 19.9. The lowest BCUT2D eigenvalue weighted by Crippen LogP contribution is -2.36. The number of anilines is 1. The molecule has 1 amide bonds. The van der Waals surface area contributed by atoms with Crippen LogP contribution in [-0.2, 0) is 21.2 Å². The van der Waals surface area contributed by atoms with Crippen LogP contribution in [0.5, 0.6) is 0 Å². The molecule has 0 bridgehead atoms. The molecule has 0 N–H and O–H groups in total. The Morgan fingerprint density at radius 1 is 1.19 bits per heavy atom. The molecule has 0 saturated heterocycles. The van der Waals surface area contributed by atoms with Crippen LogP contribution < -0.4 is 4.90 Å². The molecule has 8 heteroatoms. The fraction of sp³-hybridized carbons (Fsp3) is 0.316. The van der Waals surface area contributed by atoms with Crippen molar-refractivity contribution in [2.24, 2.45) is 0 Å². The van der Waals surface area contributed by atoms with Crippen LogP contribution in [0, 0.1) is 5.82 Å². The maximum atomic E-state index is 13.0. The van der Waals surface area contributed by atoms with Crippen LogP contribution in [0.25, 0.3) is 0 Å². The Hall–Kier alpha value is -1.90. The van der Waals surface area contributed by atoms with Gasteiger partial charge in [-0.2, -0.15) is 0 Å². The van der Waals surface area contributed by atoms with Crippen LogP contribution in [0.4, 0.5) is 10.1 Å². The molecule has 3 rings (SSSR count). The third kappa shape index (κ3) is 4.34. The topological polar surface area (TPSA) is 57.7 Å². The van der Waals surface area contributed by atoms with E-state index in [2.05, 4.69) is 0 Å². The number of halogens is 1. The second kappa shape index (κ2) is 8.00. The molecule has 0 atom stereocenters. The number of nitrogens with zero attached hydrogens (tertiary/aromatic N) is 2. The van der Waals surface area contributed by atoms with Crippen molar-refractivity contribution < 1.29 is 17.6 Å². The number of hydrogen-bond donors (Lipinski definition) is 0. The molecule has 5 nitrogen and oxygen atoms in total. The number of benzene rings is 2. The first-order valence-corrected chi connectivity index (χ1v) is 11.0. The SMILES string of the molecule is CN(C)S(=O)(=O)c1ccc2c(c1)CCCN2C(=O)CSc1ccc(F)cc1. The van der Waals surface area contributed by atoms with Crippen LogP contribution in [-0.4, -0.2) is 45.0 Å². The lowest BCUT2D eigenvalue weighted by atomic mass is 10.0. The minimum absolute atomic E-state index is 0.0477. The van der Waals surface area contributed by atoms with Crippen molar-refractivity contribution in [3.63, 3.8) is 0 Å². The predicted octanol–water partition coefficient (Wildman–Crippen LogP) is 3.15. The average molecular weight is 409 g/mol. The fourth-order valence-corrected chi connectivity index (χ4v) is 4.68. The van der Waals surface area contributed by atoms with Gasteiger partial charge in [0.15, 0.2) is 0 Å². The largest absolute Gasteiger partial charge is 0.311 e. The molecule has 0 radical (unpaired) electrons. The molecule has 1 aliphatic rings. The molecular weight excluding hydrogens is 387 g/mol. The minimum Gasteiger partial charge on any atom is -0.311 e. The summed E-state index contributed by atoms with van der Waals surface area (Å²) in [6.07, 6.45) is 1.52. The van der Waals surface area contributed by atoms with E-state index in [0.717, 1.165) is 29.0 Å². The Labute approximate surface area is 163 Å². The van der Waals surface area contributed by atoms with Gasteiger partial charge in [-0.3, -0.25) is 4.79 Å². The van der Waals surface area contributed by atoms with Crippen molar-refractivity contribution in [1.29, 1.82) is 0 Å². The van der Waals surface area contributed by atoms with Gasteiger partial charge in [-0.1, -0.05) is 0 Å². The summed E-state index contributed by atoms with van der Waals surface area (Å²) in [7, 11) is -0.508. The molecule has 27 heavy (non-hydrogen) atoms. The van der Waals surface area contributed by atoms with Crippen molar-refractivity contribution in [3.8, 4) is 0 Å². The van der Waals surface area contributed by atoms with E-state index in [-0.39, 0.29) is 22.4 Å². The van der Waals surface area contributed by atoms with E-state index in [1.54, 1.807) is 35.2 Å². The summed E-state index contributed by atoms with van der Waals surface area (Å²) in [5, 5.41) is 0. The Bertz CT molecular complexity index is 944. The summed E-state index contributed by atoms with van der Waals surface area (Å²) in [5.41, 5.74) is 1.63. The number of amides is 1. The quantitative estimate of drug-likeness (QED) is 0.713. The zero-order valence-corrected chi connectivity index (χ0v) is 16.8. The predicted molar refractivity (Wildman–Crippen MR) is 105 cm³/mol. The van der Waals surface area contributed by atoms with Gasteiger partial charge >= 0.3 is 0 Å². The molecule has 2 aromatic rings. The normalized spacial score (nSPS) is 14.3. The van der Waals surface area contributed by atoms with Crippen LogP contribution in [0.2, 0.25) is 0 Å². The summed E-state index contributed by atoms with van der Waals surface area (Å²) in [5.74, 6) is -0.115. The smallest absolute Gasteiger partial charge is 0.242 e. The lowest BCUT2D eigenvalue weighted by molar-refractivity contribution is -0.116. The second-order valence-electron chi connectivity index (χ2n) is 6.47. The third-order valence-electron chi connectivity index (χ3n) is 4.43. The first-order valence-electron chi connectivity index (χ1n) is 8.53. The number of carbonyl (C=O) groups excluding carboxylic acids is 1. The highest BCUT2D eigenvalue weighted by molar-refractivity contribution is 8.00. The number of hydrogen-bond acceptors (Lipinski definition) is 4. The first-order chi connectivity index (χ1) is 12.8. The fourth-order valence-electron chi connectivity index (χ4n) is 2.96. The van der Waals surface area contributed by atoms with E-state index in [0.29, 0.717) is 6.54 Å². The van der Waals surface area contributed by atoms with Gasteiger partial charge in [0.2, 0.25) is 15.9 Å². The zero-order valence-electron chi connectivity index (χ0n) is 15.2. The van der Waals surface area contributed by atoms with E-state index in [1.807, 2.05) is 0 Å². The van der Waals surface area contributed by atoms with Crippen molar-refractivity contribution in [2.75, 3.05) is 31.3 Å². The van der Waals surface area contributed by atoms with Crippen LogP contribution in [0.15, 0.2) is 52.3 Å². The van der Waals surface area contributed by atoms with Gasteiger partial charge < -0.3 is 4.90 Å². The van der Waals surface area contributed by atoms with Crippen LogP contribution in [0.1, 0.15) is 12.0 Å². The van der Waals surface area contributed by atoms with Gasteiger partial charge in [0.25, 0.3) is 0 Å². The molecule has 2 aromatic carbocycles. The van der Waals surface area contributed by atoms with E-state index >= 15 is 0 Å². The van der Waals surface area contributed by atoms with E-state index in [4.69, 9.17) is 0 Å².